The van der Waals surface area contributed by atoms with E-state index in [1.54, 1.807) is 0 Å². The van der Waals surface area contributed by atoms with Crippen LogP contribution in [0.4, 0.5) is 4.79 Å². The smallest absolute Gasteiger partial charge is 0.410 e. The summed E-state index contributed by atoms with van der Waals surface area (Å²) >= 11 is 7.19. The number of ether oxygens (including phenoxy) is 1. The van der Waals surface area contributed by atoms with Crippen molar-refractivity contribution < 1.29 is 9.53 Å². The van der Waals surface area contributed by atoms with E-state index in [0.29, 0.717) is 21.7 Å². The van der Waals surface area contributed by atoms with Gasteiger partial charge in [-0.25, -0.2) is 4.79 Å². The van der Waals surface area contributed by atoms with E-state index < -0.39 is 0 Å². The first-order valence-corrected chi connectivity index (χ1v) is 6.12. The van der Waals surface area contributed by atoms with Crippen LogP contribution in [0.2, 0.25) is 0 Å². The summed E-state index contributed by atoms with van der Waals surface area (Å²) in [7, 11) is 1.43. The van der Waals surface area contributed by atoms with Crippen LogP contribution in [0.25, 0.3) is 0 Å². The van der Waals surface area contributed by atoms with E-state index in [1.807, 2.05) is 4.90 Å². The molecule has 0 radical (unpaired) electrons. The Morgan fingerprint density at radius 1 is 1.31 bits per heavy atom. The first-order chi connectivity index (χ1) is 6.15. The van der Waals surface area contributed by atoms with Gasteiger partial charge in [-0.2, -0.15) is 0 Å². The Labute approximate surface area is 94.1 Å². The summed E-state index contributed by atoms with van der Waals surface area (Å²) < 4.78 is 4.69. The number of carbonyl (C=O) groups is 1. The summed E-state index contributed by atoms with van der Waals surface area (Å²) in [5.74, 6) is 0. The Kier molecular flexibility index (Phi) is 2.57. The number of alkyl halides is 2. The lowest BCUT2D eigenvalue weighted by molar-refractivity contribution is 0.150. The number of rotatable bonds is 0. The van der Waals surface area contributed by atoms with Gasteiger partial charge < -0.3 is 4.74 Å². The second-order valence-corrected chi connectivity index (χ2v) is 5.87. The SMILES string of the molecule is COC(=O)N1[C@H]2C[C@@H](Br)[C@@H](Br)C[C@@H]21. The van der Waals surface area contributed by atoms with Crippen molar-refractivity contribution in [2.75, 3.05) is 7.11 Å². The molecule has 13 heavy (non-hydrogen) atoms. The number of methoxy groups -OCH3 is 1. The minimum absolute atomic E-state index is 0.184. The first-order valence-electron chi connectivity index (χ1n) is 4.29. The largest absolute Gasteiger partial charge is 0.453 e. The molecule has 5 heteroatoms. The highest BCUT2D eigenvalue weighted by atomic mass is 79.9. The summed E-state index contributed by atoms with van der Waals surface area (Å²) in [6, 6.07) is 0.816. The van der Waals surface area contributed by atoms with Crippen molar-refractivity contribution >= 4 is 38.0 Å². The maximum absolute atomic E-state index is 11.2. The van der Waals surface area contributed by atoms with Crippen LogP contribution in [-0.4, -0.2) is 39.8 Å². The van der Waals surface area contributed by atoms with Crippen molar-refractivity contribution in [3.8, 4) is 0 Å². The van der Waals surface area contributed by atoms with E-state index in [-0.39, 0.29) is 6.09 Å². The van der Waals surface area contributed by atoms with Crippen LogP contribution in [0.15, 0.2) is 0 Å². The topological polar surface area (TPSA) is 29.3 Å². The van der Waals surface area contributed by atoms with E-state index >= 15 is 0 Å². The Hall–Kier alpha value is 0.230. The third-order valence-corrected chi connectivity index (χ3v) is 5.51. The highest BCUT2D eigenvalue weighted by Gasteiger charge is 2.56. The molecule has 0 bridgehead atoms. The molecule has 0 aromatic heterocycles. The van der Waals surface area contributed by atoms with Gasteiger partial charge in [0.2, 0.25) is 0 Å². The van der Waals surface area contributed by atoms with Crippen LogP contribution in [0.1, 0.15) is 12.8 Å². The molecule has 1 amide bonds. The molecule has 2 fully saturated rings. The van der Waals surface area contributed by atoms with Crippen LogP contribution >= 0.6 is 31.9 Å². The summed E-state index contributed by atoms with van der Waals surface area (Å²) in [6.07, 6.45) is 1.86. The zero-order valence-corrected chi connectivity index (χ0v) is 10.4. The fourth-order valence-corrected chi connectivity index (χ4v) is 3.21. The molecule has 4 atom stereocenters. The van der Waals surface area contributed by atoms with Gasteiger partial charge >= 0.3 is 6.09 Å². The monoisotopic (exact) mass is 311 g/mol. The van der Waals surface area contributed by atoms with E-state index in [1.165, 1.54) is 7.11 Å². The Balaban J connectivity index is 1.98. The molecule has 1 heterocycles. The fraction of sp³-hybridized carbons (Fsp3) is 0.875. The molecule has 0 unspecified atom stereocenters. The number of carbonyl (C=O) groups excluding carboxylic acids is 1. The van der Waals surface area contributed by atoms with Gasteiger partial charge in [0.15, 0.2) is 0 Å². The molecule has 0 aromatic rings. The highest BCUT2D eigenvalue weighted by Crippen LogP contribution is 2.45. The molecular weight excluding hydrogens is 302 g/mol. The molecule has 74 valence electrons. The van der Waals surface area contributed by atoms with Crippen molar-refractivity contribution in [3.05, 3.63) is 0 Å². The summed E-state index contributed by atoms with van der Waals surface area (Å²) in [5, 5.41) is 0. The van der Waals surface area contributed by atoms with E-state index in [9.17, 15) is 4.79 Å². The Morgan fingerprint density at radius 3 is 2.15 bits per heavy atom. The van der Waals surface area contributed by atoms with Gasteiger partial charge in [0.05, 0.1) is 19.2 Å². The number of hydrogen-bond acceptors (Lipinski definition) is 2. The maximum Gasteiger partial charge on any atom is 0.410 e. The normalized spacial score (nSPS) is 42.5. The van der Waals surface area contributed by atoms with Gasteiger partial charge in [0, 0.05) is 9.65 Å². The first kappa shape index (κ1) is 9.77. The van der Waals surface area contributed by atoms with Crippen molar-refractivity contribution in [2.45, 2.75) is 34.6 Å². The number of amides is 1. The molecule has 1 aliphatic carbocycles. The Morgan fingerprint density at radius 2 is 1.77 bits per heavy atom. The van der Waals surface area contributed by atoms with Gasteiger partial charge in [-0.1, -0.05) is 31.9 Å². The molecule has 0 spiro atoms. The van der Waals surface area contributed by atoms with E-state index in [4.69, 9.17) is 4.74 Å². The minimum Gasteiger partial charge on any atom is -0.453 e. The van der Waals surface area contributed by atoms with Crippen LogP contribution in [-0.2, 0) is 4.74 Å². The molecule has 2 aliphatic rings. The predicted octanol–water partition coefficient (Wildman–Crippen LogP) is 2.13. The van der Waals surface area contributed by atoms with Crippen molar-refractivity contribution in [2.24, 2.45) is 0 Å². The van der Waals surface area contributed by atoms with Crippen LogP contribution < -0.4 is 0 Å². The van der Waals surface area contributed by atoms with Crippen LogP contribution in [0, 0.1) is 0 Å². The summed E-state index contributed by atoms with van der Waals surface area (Å²) in [5.41, 5.74) is 0. The van der Waals surface area contributed by atoms with E-state index in [2.05, 4.69) is 31.9 Å². The Bertz CT molecular complexity index is 220. The lowest BCUT2D eigenvalue weighted by Crippen LogP contribution is -2.24. The third kappa shape index (κ3) is 1.61. The van der Waals surface area contributed by atoms with Gasteiger partial charge in [-0.15, -0.1) is 0 Å². The molecule has 3 nitrogen and oxygen atoms in total. The number of halogens is 2. The molecule has 1 saturated carbocycles. The average molecular weight is 313 g/mol. The second-order valence-electron chi connectivity index (χ2n) is 3.52. The number of likely N-dealkylation sites (tertiary alicyclic amines) is 1. The maximum atomic E-state index is 11.2. The van der Waals surface area contributed by atoms with Gasteiger partial charge in [0.1, 0.15) is 0 Å². The number of nitrogens with zero attached hydrogens (tertiary/aromatic N) is 1. The van der Waals surface area contributed by atoms with Crippen LogP contribution in [0.3, 0.4) is 0 Å². The summed E-state index contributed by atoms with van der Waals surface area (Å²) in [4.78, 5) is 14.0. The van der Waals surface area contributed by atoms with Gasteiger partial charge in [0.25, 0.3) is 0 Å². The highest BCUT2D eigenvalue weighted by molar-refractivity contribution is 9.12. The minimum atomic E-state index is -0.184. The van der Waals surface area contributed by atoms with Gasteiger partial charge in [-0.3, -0.25) is 4.90 Å². The number of fused-ring (bicyclic) bond motifs is 1. The van der Waals surface area contributed by atoms with E-state index in [0.717, 1.165) is 12.8 Å². The van der Waals surface area contributed by atoms with Crippen LogP contribution in [0.5, 0.6) is 0 Å². The molecule has 2 rings (SSSR count). The third-order valence-electron chi connectivity index (χ3n) is 2.78. The lowest BCUT2D eigenvalue weighted by atomic mass is 10.0. The molecule has 0 aromatic carbocycles. The molecule has 1 saturated heterocycles. The average Bonchev–Trinajstić information content (AvgIpc) is 2.77. The van der Waals surface area contributed by atoms with Gasteiger partial charge in [-0.05, 0) is 12.8 Å². The molecular formula is C8H11Br2NO2. The lowest BCUT2D eigenvalue weighted by Gasteiger charge is -2.18. The number of hydrogen-bond donors (Lipinski definition) is 0. The fourth-order valence-electron chi connectivity index (χ4n) is 2.01. The summed E-state index contributed by atoms with van der Waals surface area (Å²) in [6.45, 7) is 0. The molecule has 1 aliphatic heterocycles. The zero-order chi connectivity index (χ0) is 9.59. The van der Waals surface area contributed by atoms with Crippen molar-refractivity contribution in [3.63, 3.8) is 0 Å². The van der Waals surface area contributed by atoms with Crippen molar-refractivity contribution in [1.29, 1.82) is 0 Å². The second kappa shape index (κ2) is 3.42. The zero-order valence-electron chi connectivity index (χ0n) is 7.24. The quantitative estimate of drug-likeness (QED) is 0.506. The van der Waals surface area contributed by atoms with Crippen molar-refractivity contribution in [1.82, 2.24) is 4.90 Å². The predicted molar refractivity (Wildman–Crippen MR) is 56.5 cm³/mol. The standard InChI is InChI=1S/C8H11Br2NO2/c1-13-8(12)11-6-2-4(9)5(10)3-7(6)11/h4-7H,2-3H2,1H3/t4-,5+,6-,7-,11?/m0/s1. The molecule has 0 N–H and O–H groups in total.